The number of benzene rings is 1. The van der Waals surface area contributed by atoms with Gasteiger partial charge in [0.1, 0.15) is 5.75 Å². The molecule has 0 fully saturated rings. The van der Waals surface area contributed by atoms with Crippen molar-refractivity contribution in [3.8, 4) is 11.6 Å². The molecular formula is C11H10ClN3O2. The first kappa shape index (κ1) is 10.3. The highest BCUT2D eigenvalue weighted by Crippen LogP contribution is 2.39. The van der Waals surface area contributed by atoms with Crippen LogP contribution in [-0.4, -0.2) is 21.8 Å². The van der Waals surface area contributed by atoms with Gasteiger partial charge < -0.3 is 19.7 Å². The van der Waals surface area contributed by atoms with Crippen LogP contribution in [0.25, 0.3) is 0 Å². The van der Waals surface area contributed by atoms with Crippen molar-refractivity contribution in [1.29, 1.82) is 0 Å². The van der Waals surface area contributed by atoms with Crippen LogP contribution < -0.4 is 10.1 Å². The van der Waals surface area contributed by atoms with Crippen molar-refractivity contribution in [2.45, 2.75) is 6.54 Å². The van der Waals surface area contributed by atoms with Gasteiger partial charge in [-0.25, -0.2) is 0 Å². The highest BCUT2D eigenvalue weighted by molar-refractivity contribution is 6.32. The van der Waals surface area contributed by atoms with E-state index in [-0.39, 0.29) is 5.88 Å². The van der Waals surface area contributed by atoms with Gasteiger partial charge >= 0.3 is 0 Å². The Morgan fingerprint density at radius 3 is 3.12 bits per heavy atom. The molecule has 1 aliphatic heterocycles. The molecule has 0 unspecified atom stereocenters. The Bertz CT molecular complexity index is 595. The fraction of sp³-hybridized carbons (Fsp3) is 0.182. The number of halogens is 1. The lowest BCUT2D eigenvalue weighted by Crippen LogP contribution is -2.13. The van der Waals surface area contributed by atoms with Gasteiger partial charge in [-0.3, -0.25) is 0 Å². The maximum absolute atomic E-state index is 9.35. The van der Waals surface area contributed by atoms with Gasteiger partial charge in [-0.05, 0) is 12.1 Å². The van der Waals surface area contributed by atoms with Crippen molar-refractivity contribution in [3.63, 3.8) is 0 Å². The fourth-order valence-electron chi connectivity index (χ4n) is 2.01. The number of hydrogen-bond acceptors (Lipinski definition) is 4. The van der Waals surface area contributed by atoms with E-state index < -0.39 is 0 Å². The number of methoxy groups -OCH3 is 1. The molecular weight excluding hydrogens is 242 g/mol. The SMILES string of the molecule is COc1c(Cl)ccc2c1Cn1cc(O)nc1N2. The van der Waals surface area contributed by atoms with E-state index in [2.05, 4.69) is 10.3 Å². The lowest BCUT2D eigenvalue weighted by Gasteiger charge is -2.22. The maximum Gasteiger partial charge on any atom is 0.231 e. The van der Waals surface area contributed by atoms with Crippen LogP contribution in [0.3, 0.4) is 0 Å². The first-order valence-electron chi connectivity index (χ1n) is 5.07. The molecule has 6 heteroatoms. The molecule has 1 aromatic heterocycles. The topological polar surface area (TPSA) is 59.3 Å². The molecule has 88 valence electrons. The Labute approximate surface area is 103 Å². The number of hydrogen-bond donors (Lipinski definition) is 2. The van der Waals surface area contributed by atoms with E-state index in [9.17, 15) is 5.11 Å². The molecule has 0 saturated carbocycles. The molecule has 0 spiro atoms. The summed E-state index contributed by atoms with van der Waals surface area (Å²) in [5.74, 6) is 1.25. The number of anilines is 2. The summed E-state index contributed by atoms with van der Waals surface area (Å²) < 4.78 is 7.10. The summed E-state index contributed by atoms with van der Waals surface area (Å²) in [5.41, 5.74) is 1.84. The van der Waals surface area contributed by atoms with Crippen LogP contribution in [0.15, 0.2) is 18.3 Å². The van der Waals surface area contributed by atoms with Crippen LogP contribution in [0.2, 0.25) is 5.02 Å². The average molecular weight is 252 g/mol. The molecule has 2 heterocycles. The van der Waals surface area contributed by atoms with Crippen molar-refractivity contribution < 1.29 is 9.84 Å². The van der Waals surface area contributed by atoms with Crippen LogP contribution in [0, 0.1) is 0 Å². The number of ether oxygens (including phenoxy) is 1. The van der Waals surface area contributed by atoms with Gasteiger partial charge in [-0.15, -0.1) is 0 Å². The zero-order chi connectivity index (χ0) is 12.0. The Kier molecular flexibility index (Phi) is 2.16. The first-order valence-corrected chi connectivity index (χ1v) is 5.45. The number of nitrogens with one attached hydrogen (secondary N) is 1. The summed E-state index contributed by atoms with van der Waals surface area (Å²) in [7, 11) is 1.59. The van der Waals surface area contributed by atoms with Gasteiger partial charge in [0, 0.05) is 11.3 Å². The molecule has 5 nitrogen and oxygen atoms in total. The molecule has 0 atom stereocenters. The van der Waals surface area contributed by atoms with Crippen LogP contribution in [0.1, 0.15) is 5.56 Å². The Morgan fingerprint density at radius 2 is 2.35 bits per heavy atom. The number of aromatic hydroxyl groups is 1. The standard InChI is InChI=1S/C11H10ClN3O2/c1-17-10-6-4-15-5-9(16)14-11(15)13-8(6)3-2-7(10)12/h2-3,5,16H,4H2,1H3,(H,13,14). The molecule has 0 radical (unpaired) electrons. The third-order valence-corrected chi connectivity index (χ3v) is 3.05. The van der Waals surface area contributed by atoms with Gasteiger partial charge in [0.05, 0.1) is 24.9 Å². The normalized spacial score (nSPS) is 12.6. The Hall–Kier alpha value is -1.88. The third-order valence-electron chi connectivity index (χ3n) is 2.76. The smallest absolute Gasteiger partial charge is 0.231 e. The Morgan fingerprint density at radius 1 is 1.53 bits per heavy atom. The molecule has 0 saturated heterocycles. The molecule has 1 aromatic carbocycles. The molecule has 2 aromatic rings. The molecule has 2 N–H and O–H groups in total. The lowest BCUT2D eigenvalue weighted by atomic mass is 10.1. The van der Waals surface area contributed by atoms with E-state index in [1.165, 1.54) is 0 Å². The second-order valence-corrected chi connectivity index (χ2v) is 4.19. The summed E-state index contributed by atoms with van der Waals surface area (Å²) in [6, 6.07) is 3.64. The van der Waals surface area contributed by atoms with E-state index in [4.69, 9.17) is 16.3 Å². The van der Waals surface area contributed by atoms with Crippen molar-refractivity contribution in [1.82, 2.24) is 9.55 Å². The number of aromatic nitrogens is 2. The molecule has 17 heavy (non-hydrogen) atoms. The van der Waals surface area contributed by atoms with Crippen molar-refractivity contribution in [3.05, 3.63) is 28.9 Å². The van der Waals surface area contributed by atoms with Crippen LogP contribution in [0.5, 0.6) is 11.6 Å². The van der Waals surface area contributed by atoms with Crippen LogP contribution >= 0.6 is 11.6 Å². The molecule has 3 rings (SSSR count). The zero-order valence-corrected chi connectivity index (χ0v) is 9.82. The number of imidazole rings is 1. The number of rotatable bonds is 1. The number of fused-ring (bicyclic) bond motifs is 2. The van der Waals surface area contributed by atoms with Crippen molar-refractivity contribution >= 4 is 23.2 Å². The average Bonchev–Trinajstić information content (AvgIpc) is 2.65. The molecule has 0 aliphatic carbocycles. The molecule has 1 aliphatic rings. The predicted octanol–water partition coefficient (Wildman–Crippen LogP) is 2.36. The third kappa shape index (κ3) is 1.51. The van der Waals surface area contributed by atoms with Crippen molar-refractivity contribution in [2.75, 3.05) is 12.4 Å². The quantitative estimate of drug-likeness (QED) is 0.697. The van der Waals surface area contributed by atoms with E-state index in [0.717, 1.165) is 11.3 Å². The minimum atomic E-state index is -0.00892. The van der Waals surface area contributed by atoms with E-state index in [1.807, 2.05) is 6.07 Å². The molecule has 0 amide bonds. The highest BCUT2D eigenvalue weighted by Gasteiger charge is 2.21. The predicted molar refractivity (Wildman–Crippen MR) is 64.3 cm³/mol. The van der Waals surface area contributed by atoms with Gasteiger partial charge in [0.15, 0.2) is 0 Å². The van der Waals surface area contributed by atoms with Gasteiger partial charge in [-0.2, -0.15) is 4.98 Å². The summed E-state index contributed by atoms with van der Waals surface area (Å²) in [4.78, 5) is 3.96. The minimum Gasteiger partial charge on any atom is -0.495 e. The highest BCUT2D eigenvalue weighted by atomic mass is 35.5. The van der Waals surface area contributed by atoms with E-state index in [1.54, 1.807) is 23.9 Å². The maximum atomic E-state index is 9.35. The summed E-state index contributed by atoms with van der Waals surface area (Å²) in [6.45, 7) is 0.564. The van der Waals surface area contributed by atoms with E-state index in [0.29, 0.717) is 23.3 Å². The summed E-state index contributed by atoms with van der Waals surface area (Å²) in [6.07, 6.45) is 1.56. The van der Waals surface area contributed by atoms with Gasteiger partial charge in [0.25, 0.3) is 0 Å². The van der Waals surface area contributed by atoms with Gasteiger partial charge in [-0.1, -0.05) is 11.6 Å². The van der Waals surface area contributed by atoms with Crippen molar-refractivity contribution in [2.24, 2.45) is 0 Å². The summed E-state index contributed by atoms with van der Waals surface area (Å²) in [5, 5.41) is 13.0. The largest absolute Gasteiger partial charge is 0.495 e. The molecule has 0 bridgehead atoms. The zero-order valence-electron chi connectivity index (χ0n) is 9.07. The van der Waals surface area contributed by atoms with E-state index >= 15 is 0 Å². The summed E-state index contributed by atoms with van der Waals surface area (Å²) >= 11 is 6.07. The first-order chi connectivity index (χ1) is 8.19. The second kappa shape index (κ2) is 3.56. The fourth-order valence-corrected chi connectivity index (χ4v) is 2.26. The van der Waals surface area contributed by atoms with Gasteiger partial charge in [0.2, 0.25) is 11.8 Å². The van der Waals surface area contributed by atoms with Crippen LogP contribution in [0.4, 0.5) is 11.6 Å². The number of nitrogens with zero attached hydrogens (tertiary/aromatic N) is 2. The lowest BCUT2D eigenvalue weighted by molar-refractivity contribution is 0.408. The minimum absolute atomic E-state index is 0.00892. The monoisotopic (exact) mass is 251 g/mol. The van der Waals surface area contributed by atoms with Crippen LogP contribution in [-0.2, 0) is 6.54 Å². The Balaban J connectivity index is 2.14. The second-order valence-electron chi connectivity index (χ2n) is 3.78.